The summed E-state index contributed by atoms with van der Waals surface area (Å²) in [6.45, 7) is 21.1. The van der Waals surface area contributed by atoms with E-state index in [1.807, 2.05) is 0 Å². The first-order chi connectivity index (χ1) is 12.3. The van der Waals surface area contributed by atoms with Crippen molar-refractivity contribution in [1.82, 2.24) is 4.90 Å². The molecule has 156 valence electrons. The molecule has 0 radical (unpaired) electrons. The second-order valence-electron chi connectivity index (χ2n) is 10.4. The van der Waals surface area contributed by atoms with Gasteiger partial charge >= 0.3 is 0 Å². The minimum absolute atomic E-state index is 0.657. The molecule has 3 unspecified atom stereocenters. The van der Waals surface area contributed by atoms with Crippen LogP contribution in [0.15, 0.2) is 0 Å². The Balaban J connectivity index is 3.16. The Morgan fingerprint density at radius 1 is 0.577 bits per heavy atom. The van der Waals surface area contributed by atoms with E-state index in [-0.39, 0.29) is 0 Å². The van der Waals surface area contributed by atoms with Gasteiger partial charge in [0, 0.05) is 12.1 Å². The summed E-state index contributed by atoms with van der Waals surface area (Å²) in [6, 6.07) is 1.38. The van der Waals surface area contributed by atoms with Crippen LogP contribution < -0.4 is 0 Å². The van der Waals surface area contributed by atoms with Crippen LogP contribution in [0.3, 0.4) is 0 Å². The number of hydrogen-bond acceptors (Lipinski definition) is 1. The van der Waals surface area contributed by atoms with Gasteiger partial charge in [-0.05, 0) is 62.8 Å². The molecule has 1 saturated heterocycles. The van der Waals surface area contributed by atoms with Crippen molar-refractivity contribution >= 4 is 0 Å². The maximum atomic E-state index is 2.90. The second-order valence-corrected chi connectivity index (χ2v) is 10.4. The van der Waals surface area contributed by atoms with Gasteiger partial charge in [-0.1, -0.05) is 86.5 Å². The summed E-state index contributed by atoms with van der Waals surface area (Å²) >= 11 is 0. The van der Waals surface area contributed by atoms with Crippen LogP contribution in [0.1, 0.15) is 113 Å². The van der Waals surface area contributed by atoms with Crippen molar-refractivity contribution in [2.24, 2.45) is 29.6 Å². The third-order valence-electron chi connectivity index (χ3n) is 6.95. The molecule has 0 saturated carbocycles. The SMILES string of the molecule is CC(C)C1CCCCCCCCCCN(C(C)C)C(C(C)C)C1C(C)C. The third kappa shape index (κ3) is 7.53. The van der Waals surface area contributed by atoms with Gasteiger partial charge < -0.3 is 0 Å². The summed E-state index contributed by atoms with van der Waals surface area (Å²) in [5, 5.41) is 0. The molecule has 0 bridgehead atoms. The molecule has 1 fully saturated rings. The molecule has 0 aromatic rings. The zero-order valence-corrected chi connectivity index (χ0v) is 19.6. The predicted octanol–water partition coefficient (Wildman–Crippen LogP) is 7.79. The maximum Gasteiger partial charge on any atom is 0.0154 e. The first kappa shape index (κ1) is 24.0. The quantitative estimate of drug-likeness (QED) is 0.491. The van der Waals surface area contributed by atoms with Crippen molar-refractivity contribution < 1.29 is 0 Å². The Morgan fingerprint density at radius 2 is 1.08 bits per heavy atom. The average molecular weight is 366 g/mol. The van der Waals surface area contributed by atoms with Crippen molar-refractivity contribution in [3.63, 3.8) is 0 Å². The highest BCUT2D eigenvalue weighted by Crippen LogP contribution is 2.39. The zero-order chi connectivity index (χ0) is 19.7. The van der Waals surface area contributed by atoms with Gasteiger partial charge in [-0.3, -0.25) is 4.90 Å². The van der Waals surface area contributed by atoms with E-state index >= 15 is 0 Å². The van der Waals surface area contributed by atoms with Gasteiger partial charge in [-0.25, -0.2) is 0 Å². The zero-order valence-electron chi connectivity index (χ0n) is 19.6. The number of nitrogens with zero attached hydrogens (tertiary/aromatic N) is 1. The lowest BCUT2D eigenvalue weighted by Crippen LogP contribution is -2.52. The minimum atomic E-state index is 0.657. The minimum Gasteiger partial charge on any atom is -0.297 e. The topological polar surface area (TPSA) is 3.24 Å². The Kier molecular flexibility index (Phi) is 11.5. The molecular formula is C25H51N. The molecule has 1 aliphatic rings. The lowest BCUT2D eigenvalue weighted by atomic mass is 9.68. The van der Waals surface area contributed by atoms with Crippen LogP contribution in [0, 0.1) is 29.6 Å². The molecule has 1 nitrogen and oxygen atoms in total. The Bertz CT molecular complexity index is 310. The van der Waals surface area contributed by atoms with E-state index in [0.717, 1.165) is 35.6 Å². The Morgan fingerprint density at radius 3 is 1.50 bits per heavy atom. The molecule has 0 N–H and O–H groups in total. The van der Waals surface area contributed by atoms with Crippen molar-refractivity contribution in [3.8, 4) is 0 Å². The summed E-state index contributed by atoms with van der Waals surface area (Å²) in [6.07, 6.45) is 13.0. The molecule has 1 heteroatoms. The molecule has 0 aliphatic carbocycles. The van der Waals surface area contributed by atoms with Crippen LogP contribution in [-0.4, -0.2) is 23.5 Å². The van der Waals surface area contributed by atoms with Gasteiger partial charge in [-0.15, -0.1) is 0 Å². The van der Waals surface area contributed by atoms with Gasteiger partial charge in [-0.2, -0.15) is 0 Å². The molecule has 0 aromatic heterocycles. The van der Waals surface area contributed by atoms with E-state index in [1.165, 1.54) is 64.3 Å². The van der Waals surface area contributed by atoms with Gasteiger partial charge in [0.2, 0.25) is 0 Å². The fraction of sp³-hybridized carbons (Fsp3) is 1.00. The summed E-state index contributed by atoms with van der Waals surface area (Å²) in [5.74, 6) is 3.99. The summed E-state index contributed by atoms with van der Waals surface area (Å²) in [5.41, 5.74) is 0. The highest BCUT2D eigenvalue weighted by Gasteiger charge is 2.38. The maximum absolute atomic E-state index is 2.90. The molecule has 1 heterocycles. The molecule has 1 rings (SSSR count). The van der Waals surface area contributed by atoms with E-state index in [9.17, 15) is 0 Å². The van der Waals surface area contributed by atoms with Gasteiger partial charge in [0.05, 0.1) is 0 Å². The summed E-state index contributed by atoms with van der Waals surface area (Å²) in [4.78, 5) is 2.90. The highest BCUT2D eigenvalue weighted by atomic mass is 15.2. The van der Waals surface area contributed by atoms with Crippen molar-refractivity contribution in [2.75, 3.05) is 6.54 Å². The normalized spacial score (nSPS) is 28.8. The summed E-state index contributed by atoms with van der Waals surface area (Å²) < 4.78 is 0. The van der Waals surface area contributed by atoms with Gasteiger partial charge in [0.25, 0.3) is 0 Å². The fourth-order valence-corrected chi connectivity index (χ4v) is 5.65. The largest absolute Gasteiger partial charge is 0.297 e. The van der Waals surface area contributed by atoms with Crippen LogP contribution in [0.25, 0.3) is 0 Å². The molecule has 1 aliphatic heterocycles. The van der Waals surface area contributed by atoms with Crippen LogP contribution in [0.4, 0.5) is 0 Å². The molecule has 0 amide bonds. The standard InChI is InChI=1S/C25H51N/c1-19(2)23-17-15-13-11-9-10-12-14-16-18-26(22(7)8)25(21(5)6)24(23)20(3)4/h19-25H,9-18H2,1-8H3. The molecule has 0 aromatic carbocycles. The summed E-state index contributed by atoms with van der Waals surface area (Å²) in [7, 11) is 0. The van der Waals surface area contributed by atoms with E-state index in [2.05, 4.69) is 60.3 Å². The first-order valence-electron chi connectivity index (χ1n) is 12.0. The predicted molar refractivity (Wildman–Crippen MR) is 119 cm³/mol. The second kappa shape index (κ2) is 12.4. The van der Waals surface area contributed by atoms with Crippen LogP contribution in [0.5, 0.6) is 0 Å². The van der Waals surface area contributed by atoms with Crippen LogP contribution >= 0.6 is 0 Å². The fourth-order valence-electron chi connectivity index (χ4n) is 5.65. The van der Waals surface area contributed by atoms with Crippen molar-refractivity contribution in [3.05, 3.63) is 0 Å². The molecule has 0 spiro atoms. The Hall–Kier alpha value is -0.0400. The van der Waals surface area contributed by atoms with E-state index in [4.69, 9.17) is 0 Å². The van der Waals surface area contributed by atoms with Gasteiger partial charge in [0.1, 0.15) is 0 Å². The van der Waals surface area contributed by atoms with Gasteiger partial charge in [0.15, 0.2) is 0 Å². The lowest BCUT2D eigenvalue weighted by Gasteiger charge is -2.48. The monoisotopic (exact) mass is 365 g/mol. The van der Waals surface area contributed by atoms with E-state index in [0.29, 0.717) is 6.04 Å². The molecule has 3 atom stereocenters. The van der Waals surface area contributed by atoms with Crippen molar-refractivity contribution in [1.29, 1.82) is 0 Å². The van der Waals surface area contributed by atoms with Crippen molar-refractivity contribution in [2.45, 2.75) is 125 Å². The molecular weight excluding hydrogens is 314 g/mol. The smallest absolute Gasteiger partial charge is 0.0154 e. The highest BCUT2D eigenvalue weighted by molar-refractivity contribution is 4.90. The average Bonchev–Trinajstić information content (AvgIpc) is 2.54. The number of rotatable bonds is 4. The number of hydrogen-bond donors (Lipinski definition) is 0. The molecule has 26 heavy (non-hydrogen) atoms. The van der Waals surface area contributed by atoms with Crippen LogP contribution in [0.2, 0.25) is 0 Å². The first-order valence-corrected chi connectivity index (χ1v) is 12.0. The third-order valence-corrected chi connectivity index (χ3v) is 6.95. The van der Waals surface area contributed by atoms with E-state index < -0.39 is 0 Å². The Labute approximate surface area is 166 Å². The van der Waals surface area contributed by atoms with Crippen LogP contribution in [-0.2, 0) is 0 Å². The van der Waals surface area contributed by atoms with E-state index in [1.54, 1.807) is 0 Å². The lowest BCUT2D eigenvalue weighted by molar-refractivity contribution is 0.00802.